The maximum absolute atomic E-state index is 12.0. The van der Waals surface area contributed by atoms with E-state index in [1.165, 1.54) is 0 Å². The molecule has 4 heteroatoms. The summed E-state index contributed by atoms with van der Waals surface area (Å²) < 4.78 is 5.66. The minimum atomic E-state index is -0.238. The first kappa shape index (κ1) is 12.8. The Morgan fingerprint density at radius 3 is 2.87 bits per heavy atom. The van der Waals surface area contributed by atoms with Crippen LogP contribution in [-0.2, 0) is 9.53 Å². The van der Waals surface area contributed by atoms with E-state index in [9.17, 15) is 4.79 Å². The molecule has 1 heterocycles. The summed E-state index contributed by atoms with van der Waals surface area (Å²) in [7, 11) is 0. The third kappa shape index (κ3) is 3.65. The summed E-state index contributed by atoms with van der Waals surface area (Å²) in [5.74, 6) is 0.431. The normalized spacial score (nSPS) is 23.3. The van der Waals surface area contributed by atoms with Crippen molar-refractivity contribution in [2.45, 2.75) is 32.8 Å². The van der Waals surface area contributed by atoms with Gasteiger partial charge in [0, 0.05) is 31.5 Å². The van der Waals surface area contributed by atoms with E-state index in [1.54, 1.807) is 0 Å². The van der Waals surface area contributed by atoms with Gasteiger partial charge >= 0.3 is 0 Å². The van der Waals surface area contributed by atoms with E-state index in [4.69, 9.17) is 16.3 Å². The molecular weight excluding hydrogens is 214 g/mol. The zero-order valence-electron chi connectivity index (χ0n) is 9.75. The van der Waals surface area contributed by atoms with Gasteiger partial charge < -0.3 is 9.64 Å². The van der Waals surface area contributed by atoms with Crippen molar-refractivity contribution in [1.29, 1.82) is 0 Å². The van der Waals surface area contributed by atoms with E-state index < -0.39 is 0 Å². The number of halogens is 1. The molecule has 0 aromatic carbocycles. The predicted octanol–water partition coefficient (Wildman–Crippen LogP) is 1.89. The van der Waals surface area contributed by atoms with E-state index in [-0.39, 0.29) is 17.4 Å². The minimum absolute atomic E-state index is 0.0967. The zero-order chi connectivity index (χ0) is 11.5. The standard InChI is InChI=1S/C11H20ClNO2/c1-9(7-12)10(14)13-5-4-6-15-11(2,3)8-13/h9H,4-8H2,1-3H3. The number of hydrogen-bond acceptors (Lipinski definition) is 2. The maximum Gasteiger partial charge on any atom is 0.226 e. The van der Waals surface area contributed by atoms with Gasteiger partial charge in [-0.2, -0.15) is 0 Å². The molecule has 1 atom stereocenters. The van der Waals surface area contributed by atoms with Crippen LogP contribution in [0.15, 0.2) is 0 Å². The third-order valence-electron chi connectivity index (χ3n) is 2.60. The molecule has 0 aromatic rings. The van der Waals surface area contributed by atoms with E-state index >= 15 is 0 Å². The quantitative estimate of drug-likeness (QED) is 0.682. The van der Waals surface area contributed by atoms with Crippen molar-refractivity contribution in [1.82, 2.24) is 4.90 Å². The first-order valence-electron chi connectivity index (χ1n) is 5.45. The molecule has 0 spiro atoms. The molecule has 0 bridgehead atoms. The van der Waals surface area contributed by atoms with Gasteiger partial charge in [-0.25, -0.2) is 0 Å². The Morgan fingerprint density at radius 2 is 2.27 bits per heavy atom. The molecule has 0 radical (unpaired) electrons. The fourth-order valence-corrected chi connectivity index (χ4v) is 1.89. The molecule has 3 nitrogen and oxygen atoms in total. The summed E-state index contributed by atoms with van der Waals surface area (Å²) >= 11 is 5.70. The Labute approximate surface area is 96.7 Å². The van der Waals surface area contributed by atoms with Crippen molar-refractivity contribution in [3.8, 4) is 0 Å². The van der Waals surface area contributed by atoms with Gasteiger partial charge in [-0.1, -0.05) is 6.92 Å². The lowest BCUT2D eigenvalue weighted by Crippen LogP contribution is -2.44. The van der Waals surface area contributed by atoms with Crippen molar-refractivity contribution in [2.24, 2.45) is 5.92 Å². The lowest BCUT2D eigenvalue weighted by atomic mass is 10.1. The van der Waals surface area contributed by atoms with E-state index in [0.717, 1.165) is 19.6 Å². The topological polar surface area (TPSA) is 29.5 Å². The summed E-state index contributed by atoms with van der Waals surface area (Å²) in [6, 6.07) is 0. The molecule has 1 aliphatic rings. The Bertz CT molecular complexity index is 231. The molecule has 1 amide bonds. The Balaban J connectivity index is 2.64. The third-order valence-corrected chi connectivity index (χ3v) is 3.06. The predicted molar refractivity (Wildman–Crippen MR) is 61.1 cm³/mol. The van der Waals surface area contributed by atoms with Gasteiger partial charge in [0.2, 0.25) is 5.91 Å². The molecule has 1 fully saturated rings. The maximum atomic E-state index is 12.0. The molecule has 1 rings (SSSR count). The van der Waals surface area contributed by atoms with Crippen LogP contribution < -0.4 is 0 Å². The van der Waals surface area contributed by atoms with Crippen molar-refractivity contribution in [3.63, 3.8) is 0 Å². The van der Waals surface area contributed by atoms with Crippen LogP contribution in [0.3, 0.4) is 0 Å². The van der Waals surface area contributed by atoms with E-state index in [0.29, 0.717) is 12.4 Å². The minimum Gasteiger partial charge on any atom is -0.374 e. The van der Waals surface area contributed by atoms with Crippen LogP contribution in [0, 0.1) is 5.92 Å². The highest BCUT2D eigenvalue weighted by Gasteiger charge is 2.29. The Hall–Kier alpha value is -0.280. The SMILES string of the molecule is CC(CCl)C(=O)N1CCCOC(C)(C)C1. The number of hydrogen-bond donors (Lipinski definition) is 0. The van der Waals surface area contributed by atoms with Crippen LogP contribution >= 0.6 is 11.6 Å². The van der Waals surface area contributed by atoms with Crippen molar-refractivity contribution in [3.05, 3.63) is 0 Å². The number of carbonyl (C=O) groups excluding carboxylic acids is 1. The van der Waals surface area contributed by atoms with Crippen LogP contribution in [-0.4, -0.2) is 42.0 Å². The highest BCUT2D eigenvalue weighted by atomic mass is 35.5. The largest absolute Gasteiger partial charge is 0.374 e. The molecule has 0 saturated carbocycles. The van der Waals surface area contributed by atoms with Gasteiger partial charge in [-0.05, 0) is 20.3 Å². The molecular formula is C11H20ClNO2. The van der Waals surface area contributed by atoms with Crippen molar-refractivity contribution < 1.29 is 9.53 Å². The monoisotopic (exact) mass is 233 g/mol. The Kier molecular flexibility index (Phi) is 4.41. The second-order valence-corrected chi connectivity index (χ2v) is 5.09. The first-order chi connectivity index (χ1) is 6.96. The fourth-order valence-electron chi connectivity index (χ4n) is 1.75. The van der Waals surface area contributed by atoms with Gasteiger partial charge in [0.15, 0.2) is 0 Å². The molecule has 88 valence electrons. The first-order valence-corrected chi connectivity index (χ1v) is 5.98. The second-order valence-electron chi connectivity index (χ2n) is 4.78. The molecule has 1 saturated heterocycles. The Morgan fingerprint density at radius 1 is 1.60 bits per heavy atom. The van der Waals surface area contributed by atoms with Crippen LogP contribution in [0.25, 0.3) is 0 Å². The van der Waals surface area contributed by atoms with Gasteiger partial charge in [-0.3, -0.25) is 4.79 Å². The van der Waals surface area contributed by atoms with Gasteiger partial charge in [0.1, 0.15) is 0 Å². The summed E-state index contributed by atoms with van der Waals surface area (Å²) in [5, 5.41) is 0. The highest BCUT2D eigenvalue weighted by Crippen LogP contribution is 2.18. The van der Waals surface area contributed by atoms with E-state index in [2.05, 4.69) is 0 Å². The lowest BCUT2D eigenvalue weighted by Gasteiger charge is -2.30. The smallest absolute Gasteiger partial charge is 0.226 e. The zero-order valence-corrected chi connectivity index (χ0v) is 10.5. The number of amides is 1. The number of ether oxygens (including phenoxy) is 1. The highest BCUT2D eigenvalue weighted by molar-refractivity contribution is 6.19. The molecule has 0 aromatic heterocycles. The summed E-state index contributed by atoms with van der Waals surface area (Å²) in [6.45, 7) is 8.07. The van der Waals surface area contributed by atoms with Crippen LogP contribution in [0.2, 0.25) is 0 Å². The molecule has 0 N–H and O–H groups in total. The van der Waals surface area contributed by atoms with Gasteiger partial charge in [0.05, 0.1) is 5.60 Å². The van der Waals surface area contributed by atoms with Gasteiger partial charge in [0.25, 0.3) is 0 Å². The average molecular weight is 234 g/mol. The summed E-state index contributed by atoms with van der Waals surface area (Å²) in [5.41, 5.74) is -0.238. The number of carbonyl (C=O) groups is 1. The number of alkyl halides is 1. The van der Waals surface area contributed by atoms with Crippen molar-refractivity contribution >= 4 is 17.5 Å². The van der Waals surface area contributed by atoms with Crippen molar-refractivity contribution in [2.75, 3.05) is 25.6 Å². The molecule has 1 aliphatic heterocycles. The van der Waals surface area contributed by atoms with Crippen LogP contribution in [0.5, 0.6) is 0 Å². The summed E-state index contributed by atoms with van der Waals surface area (Å²) in [4.78, 5) is 13.8. The van der Waals surface area contributed by atoms with E-state index in [1.807, 2.05) is 25.7 Å². The molecule has 15 heavy (non-hydrogen) atoms. The number of nitrogens with zero attached hydrogens (tertiary/aromatic N) is 1. The molecule has 0 aliphatic carbocycles. The lowest BCUT2D eigenvalue weighted by molar-refractivity contribution is -0.136. The van der Waals surface area contributed by atoms with Crippen LogP contribution in [0.1, 0.15) is 27.2 Å². The average Bonchev–Trinajstić information content (AvgIpc) is 2.36. The fraction of sp³-hybridized carbons (Fsp3) is 0.909. The van der Waals surface area contributed by atoms with Crippen LogP contribution in [0.4, 0.5) is 0 Å². The second kappa shape index (κ2) is 5.17. The molecule has 1 unspecified atom stereocenters. The van der Waals surface area contributed by atoms with Gasteiger partial charge in [-0.15, -0.1) is 11.6 Å². The summed E-state index contributed by atoms with van der Waals surface area (Å²) in [6.07, 6.45) is 0.907. The number of rotatable bonds is 2.